The van der Waals surface area contributed by atoms with Crippen LogP contribution in [0.15, 0.2) is 12.1 Å². The van der Waals surface area contributed by atoms with Crippen LogP contribution in [0.25, 0.3) is 0 Å². The summed E-state index contributed by atoms with van der Waals surface area (Å²) < 4.78 is 0. The zero-order valence-electron chi connectivity index (χ0n) is 11.4. The van der Waals surface area contributed by atoms with Crippen molar-refractivity contribution >= 4 is 11.6 Å². The van der Waals surface area contributed by atoms with Crippen LogP contribution in [0, 0.1) is 25.7 Å². The van der Waals surface area contributed by atoms with Crippen molar-refractivity contribution in [2.24, 2.45) is 11.8 Å². The minimum atomic E-state index is 0.0936. The molecule has 1 aromatic rings. The number of rotatable bonds is 1. The van der Waals surface area contributed by atoms with Gasteiger partial charge in [0.25, 0.3) is 0 Å². The number of benzene rings is 1. The van der Waals surface area contributed by atoms with Gasteiger partial charge in [-0.25, -0.2) is 0 Å². The first kappa shape index (κ1) is 11.8. The van der Waals surface area contributed by atoms with E-state index in [0.29, 0.717) is 11.8 Å². The van der Waals surface area contributed by atoms with E-state index in [1.807, 2.05) is 0 Å². The Morgan fingerprint density at radius 2 is 2.00 bits per heavy atom. The molecule has 3 unspecified atom stereocenters. The van der Waals surface area contributed by atoms with Crippen LogP contribution in [-0.2, 0) is 4.79 Å². The van der Waals surface area contributed by atoms with Gasteiger partial charge in [-0.05, 0) is 43.2 Å². The van der Waals surface area contributed by atoms with Gasteiger partial charge in [0, 0.05) is 5.69 Å². The van der Waals surface area contributed by atoms with Crippen molar-refractivity contribution in [3.63, 3.8) is 0 Å². The predicted octanol–water partition coefficient (Wildman–Crippen LogP) is 3.78. The van der Waals surface area contributed by atoms with Gasteiger partial charge in [0.05, 0.1) is 5.92 Å². The maximum Gasteiger partial charge on any atom is 0.232 e. The fourth-order valence-electron chi connectivity index (χ4n) is 3.85. The molecule has 1 N–H and O–H groups in total. The van der Waals surface area contributed by atoms with Crippen molar-refractivity contribution in [2.75, 3.05) is 5.32 Å². The maximum absolute atomic E-state index is 12.3. The van der Waals surface area contributed by atoms with Crippen LogP contribution in [0.5, 0.6) is 0 Å². The van der Waals surface area contributed by atoms with E-state index in [4.69, 9.17) is 0 Å². The van der Waals surface area contributed by atoms with Crippen LogP contribution in [0.3, 0.4) is 0 Å². The van der Waals surface area contributed by atoms with E-state index >= 15 is 0 Å². The second-order valence-corrected chi connectivity index (χ2v) is 6.09. The van der Waals surface area contributed by atoms with Gasteiger partial charge in [0.2, 0.25) is 5.91 Å². The van der Waals surface area contributed by atoms with E-state index in [1.165, 1.54) is 36.0 Å². The van der Waals surface area contributed by atoms with Crippen molar-refractivity contribution < 1.29 is 4.79 Å². The van der Waals surface area contributed by atoms with Gasteiger partial charge in [-0.15, -0.1) is 0 Å². The highest BCUT2D eigenvalue weighted by Crippen LogP contribution is 2.47. The monoisotopic (exact) mass is 243 g/mol. The third-order valence-corrected chi connectivity index (χ3v) is 4.73. The molecule has 3 atom stereocenters. The molecule has 1 aromatic carbocycles. The molecule has 1 fully saturated rings. The first-order valence-corrected chi connectivity index (χ1v) is 7.00. The van der Waals surface area contributed by atoms with Crippen LogP contribution < -0.4 is 5.32 Å². The Kier molecular flexibility index (Phi) is 2.69. The van der Waals surface area contributed by atoms with Crippen LogP contribution in [0.2, 0.25) is 0 Å². The number of nitrogens with one attached hydrogen (secondary N) is 1. The summed E-state index contributed by atoms with van der Waals surface area (Å²) >= 11 is 0. The topological polar surface area (TPSA) is 29.1 Å². The molecule has 18 heavy (non-hydrogen) atoms. The number of aryl methyl sites for hydroxylation is 2. The normalized spacial score (nSPS) is 30.4. The summed E-state index contributed by atoms with van der Waals surface area (Å²) in [6.07, 6.45) is 3.75. The molecule has 2 heteroatoms. The second-order valence-electron chi connectivity index (χ2n) is 6.09. The lowest BCUT2D eigenvalue weighted by Gasteiger charge is -2.21. The number of hydrogen-bond donors (Lipinski definition) is 1. The standard InChI is InChI=1S/C16H21NO/c1-9-7-11(3)15-13(8-9)14(16(18)17-15)12-6-4-5-10(12)2/h7-8,10,12,14H,4-6H2,1-3H3,(H,17,18). The Hall–Kier alpha value is -1.31. The maximum atomic E-state index is 12.3. The van der Waals surface area contributed by atoms with E-state index in [2.05, 4.69) is 38.2 Å². The lowest BCUT2D eigenvalue weighted by atomic mass is 9.80. The smallest absolute Gasteiger partial charge is 0.232 e. The highest BCUT2D eigenvalue weighted by atomic mass is 16.2. The molecule has 1 saturated carbocycles. The minimum Gasteiger partial charge on any atom is -0.325 e. The van der Waals surface area contributed by atoms with E-state index in [9.17, 15) is 4.79 Å². The zero-order chi connectivity index (χ0) is 12.9. The van der Waals surface area contributed by atoms with Crippen molar-refractivity contribution in [3.8, 4) is 0 Å². The van der Waals surface area contributed by atoms with Gasteiger partial charge in [-0.2, -0.15) is 0 Å². The Balaban J connectivity index is 2.06. The van der Waals surface area contributed by atoms with Crippen molar-refractivity contribution in [3.05, 3.63) is 28.8 Å². The molecule has 1 aliphatic carbocycles. The van der Waals surface area contributed by atoms with E-state index in [0.717, 1.165) is 5.69 Å². The quantitative estimate of drug-likeness (QED) is 0.799. The molecule has 0 bridgehead atoms. The summed E-state index contributed by atoms with van der Waals surface area (Å²) in [6.45, 7) is 6.50. The largest absolute Gasteiger partial charge is 0.325 e. The van der Waals surface area contributed by atoms with Gasteiger partial charge in [0.15, 0.2) is 0 Å². The lowest BCUT2D eigenvalue weighted by molar-refractivity contribution is -0.118. The number of carbonyl (C=O) groups is 1. The average Bonchev–Trinajstić information content (AvgIpc) is 2.82. The molecule has 1 aliphatic heterocycles. The highest BCUT2D eigenvalue weighted by molar-refractivity contribution is 6.04. The Labute approximate surface area is 109 Å². The molecule has 0 aromatic heterocycles. The van der Waals surface area contributed by atoms with Crippen LogP contribution in [0.4, 0.5) is 5.69 Å². The molecule has 1 heterocycles. The molecular formula is C16H21NO. The Bertz CT molecular complexity index is 506. The zero-order valence-corrected chi connectivity index (χ0v) is 11.4. The molecule has 0 spiro atoms. The van der Waals surface area contributed by atoms with Crippen molar-refractivity contribution in [1.29, 1.82) is 0 Å². The Morgan fingerprint density at radius 1 is 1.22 bits per heavy atom. The highest BCUT2D eigenvalue weighted by Gasteiger charge is 2.41. The van der Waals surface area contributed by atoms with Crippen LogP contribution in [-0.4, -0.2) is 5.91 Å². The molecular weight excluding hydrogens is 222 g/mol. The molecule has 3 rings (SSSR count). The first-order chi connectivity index (χ1) is 8.58. The van der Waals surface area contributed by atoms with Gasteiger partial charge in [0.1, 0.15) is 0 Å². The molecule has 2 nitrogen and oxygen atoms in total. The summed E-state index contributed by atoms with van der Waals surface area (Å²) in [5.74, 6) is 1.52. The lowest BCUT2D eigenvalue weighted by Crippen LogP contribution is -2.22. The number of fused-ring (bicyclic) bond motifs is 1. The number of hydrogen-bond acceptors (Lipinski definition) is 1. The van der Waals surface area contributed by atoms with E-state index in [-0.39, 0.29) is 11.8 Å². The number of carbonyl (C=O) groups excluding carboxylic acids is 1. The summed E-state index contributed by atoms with van der Waals surface area (Å²) in [7, 11) is 0. The summed E-state index contributed by atoms with van der Waals surface area (Å²) in [6, 6.07) is 4.36. The summed E-state index contributed by atoms with van der Waals surface area (Å²) in [5.41, 5.74) is 4.79. The molecule has 0 saturated heterocycles. The Morgan fingerprint density at radius 3 is 2.67 bits per heavy atom. The fourth-order valence-corrected chi connectivity index (χ4v) is 3.85. The number of amides is 1. The van der Waals surface area contributed by atoms with E-state index < -0.39 is 0 Å². The molecule has 2 aliphatic rings. The SMILES string of the molecule is Cc1cc(C)c2c(c1)C(C1CCCC1C)C(=O)N2. The van der Waals surface area contributed by atoms with Gasteiger partial charge in [-0.3, -0.25) is 4.79 Å². The van der Waals surface area contributed by atoms with E-state index in [1.54, 1.807) is 0 Å². The summed E-state index contributed by atoms with van der Waals surface area (Å²) in [5, 5.41) is 3.10. The summed E-state index contributed by atoms with van der Waals surface area (Å²) in [4.78, 5) is 12.3. The minimum absolute atomic E-state index is 0.0936. The van der Waals surface area contributed by atoms with Gasteiger partial charge < -0.3 is 5.32 Å². The molecule has 96 valence electrons. The average molecular weight is 243 g/mol. The van der Waals surface area contributed by atoms with Crippen molar-refractivity contribution in [2.45, 2.75) is 46.0 Å². The van der Waals surface area contributed by atoms with Crippen molar-refractivity contribution in [1.82, 2.24) is 0 Å². The molecule has 1 amide bonds. The van der Waals surface area contributed by atoms with Crippen LogP contribution >= 0.6 is 0 Å². The third kappa shape index (κ3) is 1.66. The number of anilines is 1. The fraction of sp³-hybridized carbons (Fsp3) is 0.562. The van der Waals surface area contributed by atoms with Crippen LogP contribution in [0.1, 0.15) is 48.8 Å². The third-order valence-electron chi connectivity index (χ3n) is 4.73. The predicted molar refractivity (Wildman–Crippen MR) is 73.8 cm³/mol. The molecule has 0 radical (unpaired) electrons. The van der Waals surface area contributed by atoms with Gasteiger partial charge >= 0.3 is 0 Å². The second kappa shape index (κ2) is 4.11. The first-order valence-electron chi connectivity index (χ1n) is 7.00. The van der Waals surface area contributed by atoms with Gasteiger partial charge in [-0.1, -0.05) is 37.5 Å².